The molecule has 0 N–H and O–H groups in total. The topological polar surface area (TPSA) is 69.7 Å². The van der Waals surface area contributed by atoms with Crippen molar-refractivity contribution in [3.8, 4) is 0 Å². The minimum atomic E-state index is -0.207. The van der Waals surface area contributed by atoms with Gasteiger partial charge < -0.3 is 9.47 Å². The van der Waals surface area contributed by atoms with Crippen molar-refractivity contribution in [3.63, 3.8) is 0 Å². The van der Waals surface area contributed by atoms with Gasteiger partial charge in [0, 0.05) is 17.8 Å². The first-order chi connectivity index (χ1) is 16.2. The Labute approximate surface area is 203 Å². The molecule has 1 heterocycles. The van der Waals surface area contributed by atoms with E-state index in [0.717, 1.165) is 51.4 Å². The van der Waals surface area contributed by atoms with E-state index in [-0.39, 0.29) is 46.5 Å². The van der Waals surface area contributed by atoms with E-state index in [9.17, 15) is 14.4 Å². The Morgan fingerprint density at radius 2 is 1.94 bits per heavy atom. The monoisotopic (exact) mass is 468 g/mol. The lowest BCUT2D eigenvalue weighted by Gasteiger charge is -2.58. The molecule has 5 rings (SSSR count). The SMILES string of the molecule is CC(=O)OCC12CCC3C(CCC4=CC(=O)C=CC43C)C1CCC2C(C)C1CCC(C)C(=O)O1. The Balaban J connectivity index is 1.44. The first-order valence-electron chi connectivity index (χ1n) is 13.4. The normalized spacial score (nSPS) is 44.3. The molecule has 5 aliphatic rings. The highest BCUT2D eigenvalue weighted by Gasteiger charge is 2.62. The molecule has 4 aliphatic carbocycles. The number of hydrogen-bond acceptors (Lipinski definition) is 5. The molecule has 186 valence electrons. The van der Waals surface area contributed by atoms with Gasteiger partial charge in [0.1, 0.15) is 6.10 Å². The van der Waals surface area contributed by atoms with Crippen LogP contribution in [0.1, 0.15) is 79.1 Å². The van der Waals surface area contributed by atoms with Crippen molar-refractivity contribution in [1.29, 1.82) is 0 Å². The zero-order chi connectivity index (χ0) is 24.3. The molecule has 9 unspecified atom stereocenters. The van der Waals surface area contributed by atoms with Crippen LogP contribution >= 0.6 is 0 Å². The number of carbonyl (C=O) groups excluding carboxylic acids is 3. The third kappa shape index (κ3) is 3.69. The number of esters is 2. The number of allylic oxidation sites excluding steroid dienone is 4. The second-order valence-corrected chi connectivity index (χ2v) is 12.2. The summed E-state index contributed by atoms with van der Waals surface area (Å²) in [7, 11) is 0. The van der Waals surface area contributed by atoms with Gasteiger partial charge in [0.25, 0.3) is 0 Å². The van der Waals surface area contributed by atoms with Gasteiger partial charge in [0.15, 0.2) is 5.78 Å². The van der Waals surface area contributed by atoms with Crippen molar-refractivity contribution in [2.45, 2.75) is 85.2 Å². The molecule has 5 heteroatoms. The summed E-state index contributed by atoms with van der Waals surface area (Å²) in [6.45, 7) is 8.54. The van der Waals surface area contributed by atoms with Crippen molar-refractivity contribution < 1.29 is 23.9 Å². The molecule has 0 aromatic carbocycles. The summed E-state index contributed by atoms with van der Waals surface area (Å²) >= 11 is 0. The van der Waals surface area contributed by atoms with Crippen LogP contribution in [0.5, 0.6) is 0 Å². The molecular weight excluding hydrogens is 428 g/mol. The standard InChI is InChI=1S/C29H40O5/c1-17-5-10-26(34-27(17)32)18(2)23-8-9-25-22-7-6-20-15-21(31)11-13-28(20,4)24(22)12-14-29(23,25)16-33-19(3)30/h11,13,15,17-18,22-26H,5-10,12,14,16H2,1-4H3. The molecule has 1 aliphatic heterocycles. The summed E-state index contributed by atoms with van der Waals surface area (Å²) in [5.41, 5.74) is 1.22. The highest BCUT2D eigenvalue weighted by Crippen LogP contribution is 2.67. The van der Waals surface area contributed by atoms with Gasteiger partial charge in [-0.3, -0.25) is 14.4 Å². The Bertz CT molecular complexity index is 933. The van der Waals surface area contributed by atoms with Crippen LogP contribution in [0.25, 0.3) is 0 Å². The maximum Gasteiger partial charge on any atom is 0.308 e. The second-order valence-electron chi connectivity index (χ2n) is 12.2. The first kappa shape index (κ1) is 23.8. The van der Waals surface area contributed by atoms with Gasteiger partial charge in [0.2, 0.25) is 0 Å². The van der Waals surface area contributed by atoms with Crippen molar-refractivity contribution >= 4 is 17.7 Å². The van der Waals surface area contributed by atoms with Gasteiger partial charge in [-0.25, -0.2) is 0 Å². The fourth-order valence-corrected chi connectivity index (χ4v) is 8.84. The fourth-order valence-electron chi connectivity index (χ4n) is 8.84. The van der Waals surface area contributed by atoms with Crippen LogP contribution in [0, 0.1) is 46.3 Å². The van der Waals surface area contributed by atoms with Crippen LogP contribution in [0.3, 0.4) is 0 Å². The maximum absolute atomic E-state index is 12.4. The van der Waals surface area contributed by atoms with Gasteiger partial charge in [-0.1, -0.05) is 32.4 Å². The molecule has 5 nitrogen and oxygen atoms in total. The lowest BCUT2D eigenvalue weighted by molar-refractivity contribution is -0.169. The Morgan fingerprint density at radius 3 is 2.68 bits per heavy atom. The highest BCUT2D eigenvalue weighted by molar-refractivity contribution is 6.01. The number of cyclic esters (lactones) is 1. The van der Waals surface area contributed by atoms with E-state index in [1.165, 1.54) is 12.5 Å². The second kappa shape index (κ2) is 8.64. The quantitative estimate of drug-likeness (QED) is 0.515. The highest BCUT2D eigenvalue weighted by atomic mass is 16.5. The zero-order valence-corrected chi connectivity index (χ0v) is 21.2. The first-order valence-corrected chi connectivity index (χ1v) is 13.4. The number of fused-ring (bicyclic) bond motifs is 5. The van der Waals surface area contributed by atoms with Crippen LogP contribution in [-0.4, -0.2) is 30.4 Å². The smallest absolute Gasteiger partial charge is 0.308 e. The minimum absolute atomic E-state index is 0.00844. The molecule has 0 amide bonds. The zero-order valence-electron chi connectivity index (χ0n) is 21.2. The fraction of sp³-hybridized carbons (Fsp3) is 0.759. The van der Waals surface area contributed by atoms with Crippen molar-refractivity contribution in [2.75, 3.05) is 6.61 Å². The van der Waals surface area contributed by atoms with E-state index in [4.69, 9.17) is 9.47 Å². The molecule has 0 aromatic heterocycles. The number of rotatable bonds is 4. The van der Waals surface area contributed by atoms with Gasteiger partial charge in [-0.05, 0) is 93.1 Å². The van der Waals surface area contributed by atoms with Crippen molar-refractivity contribution in [3.05, 3.63) is 23.8 Å². The molecule has 0 spiro atoms. The number of ketones is 1. The summed E-state index contributed by atoms with van der Waals surface area (Å²) < 4.78 is 11.7. The molecule has 4 fully saturated rings. The third-order valence-electron chi connectivity index (χ3n) is 10.7. The van der Waals surface area contributed by atoms with Crippen molar-refractivity contribution in [2.24, 2.45) is 46.3 Å². The molecule has 34 heavy (non-hydrogen) atoms. The third-order valence-corrected chi connectivity index (χ3v) is 10.7. The summed E-state index contributed by atoms with van der Waals surface area (Å²) in [6, 6.07) is 0. The minimum Gasteiger partial charge on any atom is -0.465 e. The van der Waals surface area contributed by atoms with Gasteiger partial charge in [-0.2, -0.15) is 0 Å². The number of ether oxygens (including phenoxy) is 2. The van der Waals surface area contributed by atoms with E-state index in [2.05, 4.69) is 19.9 Å². The van der Waals surface area contributed by atoms with E-state index in [0.29, 0.717) is 30.3 Å². The summed E-state index contributed by atoms with van der Waals surface area (Å²) in [6.07, 6.45) is 14.1. The molecule has 9 atom stereocenters. The number of hydrogen-bond donors (Lipinski definition) is 0. The van der Waals surface area contributed by atoms with Crippen molar-refractivity contribution in [1.82, 2.24) is 0 Å². The summed E-state index contributed by atoms with van der Waals surface area (Å²) in [5, 5.41) is 0. The van der Waals surface area contributed by atoms with Crippen LogP contribution in [0.15, 0.2) is 23.8 Å². The lowest BCUT2D eigenvalue weighted by Crippen LogP contribution is -2.54. The summed E-state index contributed by atoms with van der Waals surface area (Å²) in [4.78, 5) is 36.4. The predicted octanol–water partition coefficient (Wildman–Crippen LogP) is 5.43. The van der Waals surface area contributed by atoms with Crippen LogP contribution < -0.4 is 0 Å². The average molecular weight is 469 g/mol. The number of carbonyl (C=O) groups is 3. The van der Waals surface area contributed by atoms with Gasteiger partial charge >= 0.3 is 11.9 Å². The molecule has 1 saturated heterocycles. The summed E-state index contributed by atoms with van der Waals surface area (Å²) in [5.74, 6) is 2.08. The molecule has 0 bridgehead atoms. The van der Waals surface area contributed by atoms with E-state index < -0.39 is 0 Å². The van der Waals surface area contributed by atoms with Crippen LogP contribution in [-0.2, 0) is 23.9 Å². The lowest BCUT2D eigenvalue weighted by atomic mass is 9.47. The Morgan fingerprint density at radius 1 is 1.15 bits per heavy atom. The van der Waals surface area contributed by atoms with E-state index in [1.54, 1.807) is 6.08 Å². The molecule has 0 aromatic rings. The van der Waals surface area contributed by atoms with Gasteiger partial charge in [-0.15, -0.1) is 0 Å². The van der Waals surface area contributed by atoms with Crippen LogP contribution in [0.4, 0.5) is 0 Å². The van der Waals surface area contributed by atoms with E-state index >= 15 is 0 Å². The Kier molecular flexibility index (Phi) is 6.05. The largest absolute Gasteiger partial charge is 0.465 e. The molecular formula is C29H40O5. The average Bonchev–Trinajstić information content (AvgIpc) is 3.19. The molecule has 3 saturated carbocycles. The maximum atomic E-state index is 12.4. The van der Waals surface area contributed by atoms with Crippen LogP contribution in [0.2, 0.25) is 0 Å². The predicted molar refractivity (Wildman–Crippen MR) is 129 cm³/mol. The molecule has 0 radical (unpaired) electrons. The Hall–Kier alpha value is -1.91. The van der Waals surface area contributed by atoms with Gasteiger partial charge in [0.05, 0.1) is 12.5 Å². The van der Waals surface area contributed by atoms with E-state index in [1.807, 2.05) is 13.0 Å².